The fourth-order valence-electron chi connectivity index (χ4n) is 10.8. The summed E-state index contributed by atoms with van der Waals surface area (Å²) in [4.78, 5) is 12.6. The van der Waals surface area contributed by atoms with Crippen molar-refractivity contribution in [2.24, 2.45) is 0 Å². The fraction of sp³-hybridized carbons (Fsp3) is 0.955. The maximum atomic E-state index is 12.6. The highest BCUT2D eigenvalue weighted by molar-refractivity contribution is 5.76. The Morgan fingerprint density at radius 1 is 0.338 bits per heavy atom. The molecule has 0 saturated heterocycles. The van der Waals surface area contributed by atoms with Gasteiger partial charge < -0.3 is 20.6 Å². The summed E-state index contributed by atoms with van der Waals surface area (Å²) in [6.45, 7) is 4.24. The van der Waals surface area contributed by atoms with Gasteiger partial charge in [-0.3, -0.25) is 4.79 Å². The zero-order valence-electron chi connectivity index (χ0n) is 48.6. The Morgan fingerprint density at radius 2 is 0.563 bits per heavy atom. The molecule has 4 N–H and O–H groups in total. The average molecular weight is 1000 g/mol. The fourth-order valence-corrected chi connectivity index (χ4v) is 10.8. The number of rotatable bonds is 62. The molecule has 0 saturated carbocycles. The van der Waals surface area contributed by atoms with E-state index >= 15 is 0 Å². The summed E-state index contributed by atoms with van der Waals surface area (Å²) in [7, 11) is 0. The summed E-state index contributed by atoms with van der Waals surface area (Å²) in [5, 5.41) is 33.9. The minimum Gasteiger partial charge on any atom is -0.394 e. The highest BCUT2D eigenvalue weighted by Crippen LogP contribution is 2.19. The third-order valence-corrected chi connectivity index (χ3v) is 15.9. The van der Waals surface area contributed by atoms with Crippen molar-refractivity contribution in [2.75, 3.05) is 6.61 Å². The Labute approximate surface area is 446 Å². The van der Waals surface area contributed by atoms with Crippen LogP contribution in [-0.2, 0) is 4.79 Å². The van der Waals surface area contributed by atoms with Crippen LogP contribution in [0.4, 0.5) is 0 Å². The van der Waals surface area contributed by atoms with Crippen LogP contribution >= 0.6 is 0 Å². The lowest BCUT2D eigenvalue weighted by molar-refractivity contribution is -0.124. The summed E-state index contributed by atoms with van der Waals surface area (Å²) < 4.78 is 0. The molecule has 5 heteroatoms. The molecule has 5 nitrogen and oxygen atoms in total. The molecule has 0 bridgehead atoms. The smallest absolute Gasteiger partial charge is 0.220 e. The van der Waals surface area contributed by atoms with Gasteiger partial charge in [0.15, 0.2) is 0 Å². The van der Waals surface area contributed by atoms with E-state index in [0.29, 0.717) is 12.8 Å². The predicted octanol–water partition coefficient (Wildman–Crippen LogP) is 21.0. The minimum absolute atomic E-state index is 0.136. The first-order chi connectivity index (χ1) is 35.1. The van der Waals surface area contributed by atoms with Gasteiger partial charge in [-0.15, -0.1) is 0 Å². The average Bonchev–Trinajstić information content (AvgIpc) is 3.37. The molecule has 424 valence electrons. The monoisotopic (exact) mass is 1000 g/mol. The van der Waals surface area contributed by atoms with Crippen LogP contribution in [0.2, 0.25) is 0 Å². The third kappa shape index (κ3) is 56.7. The Kier molecular flexibility index (Phi) is 60.8. The minimum atomic E-state index is -1.13. The molecule has 0 heterocycles. The summed E-state index contributed by atoms with van der Waals surface area (Å²) in [5.74, 6) is -0.136. The van der Waals surface area contributed by atoms with Gasteiger partial charge in [0.1, 0.15) is 6.10 Å². The summed E-state index contributed by atoms with van der Waals surface area (Å²) in [6.07, 6.45) is 78.4. The molecule has 0 spiro atoms. The number of unbranched alkanes of at least 4 members (excludes halogenated alkanes) is 52. The third-order valence-electron chi connectivity index (χ3n) is 15.9. The maximum absolute atomic E-state index is 12.6. The topological polar surface area (TPSA) is 89.8 Å². The first kappa shape index (κ1) is 70.1. The predicted molar refractivity (Wildman–Crippen MR) is 315 cm³/mol. The second-order valence-corrected chi connectivity index (χ2v) is 23.0. The van der Waals surface area contributed by atoms with E-state index in [4.69, 9.17) is 0 Å². The van der Waals surface area contributed by atoms with Crippen LogP contribution in [0.5, 0.6) is 0 Å². The van der Waals surface area contributed by atoms with E-state index in [9.17, 15) is 20.1 Å². The zero-order valence-corrected chi connectivity index (χ0v) is 48.6. The van der Waals surface area contributed by atoms with Crippen molar-refractivity contribution in [3.63, 3.8) is 0 Å². The molecule has 71 heavy (non-hydrogen) atoms. The highest BCUT2D eigenvalue weighted by Gasteiger charge is 2.26. The molecular weight excluding hydrogens is 871 g/mol. The summed E-state index contributed by atoms with van der Waals surface area (Å²) in [6, 6.07) is -0.807. The van der Waals surface area contributed by atoms with Gasteiger partial charge in [0.25, 0.3) is 0 Å². The highest BCUT2D eigenvalue weighted by atomic mass is 16.3. The van der Waals surface area contributed by atoms with Gasteiger partial charge >= 0.3 is 0 Å². The quantitative estimate of drug-likeness (QED) is 0.0361. The van der Waals surface area contributed by atoms with Crippen LogP contribution in [0.15, 0.2) is 12.2 Å². The van der Waals surface area contributed by atoms with Crippen molar-refractivity contribution >= 4 is 5.91 Å². The summed E-state index contributed by atoms with van der Waals surface area (Å²) >= 11 is 0. The number of hydrogen-bond donors (Lipinski definition) is 4. The lowest BCUT2D eigenvalue weighted by Crippen LogP contribution is -2.50. The van der Waals surface area contributed by atoms with Crippen molar-refractivity contribution in [1.29, 1.82) is 0 Å². The molecule has 0 aliphatic rings. The van der Waals surface area contributed by atoms with Gasteiger partial charge in [-0.25, -0.2) is 0 Å². The van der Waals surface area contributed by atoms with E-state index in [0.717, 1.165) is 32.1 Å². The maximum Gasteiger partial charge on any atom is 0.220 e. The Balaban J connectivity index is 3.46. The molecule has 0 fully saturated rings. The largest absolute Gasteiger partial charge is 0.394 e. The normalized spacial score (nSPS) is 13.1. The second-order valence-electron chi connectivity index (χ2n) is 23.0. The molecule has 1 amide bonds. The zero-order chi connectivity index (χ0) is 51.4. The van der Waals surface area contributed by atoms with Gasteiger partial charge in [-0.2, -0.15) is 0 Å². The van der Waals surface area contributed by atoms with Crippen LogP contribution in [0.3, 0.4) is 0 Å². The molecular formula is C66H131NO4. The van der Waals surface area contributed by atoms with E-state index < -0.39 is 18.2 Å². The molecule has 3 atom stereocenters. The Morgan fingerprint density at radius 3 is 0.817 bits per heavy atom. The first-order valence-corrected chi connectivity index (χ1v) is 33.0. The number of carbonyl (C=O) groups is 1. The van der Waals surface area contributed by atoms with Crippen LogP contribution in [0.25, 0.3) is 0 Å². The lowest BCUT2D eigenvalue weighted by atomic mass is 9.99. The molecule has 0 radical (unpaired) electrons. The SMILES string of the molecule is CCCCCCCCCCCCCC/C=C\CCCCCCCCCCCCCCCCCCCC(=O)NC(CO)C(O)C(O)CCCCCCCCCCCCCCCCCCCCCCCCCC. The summed E-state index contributed by atoms with van der Waals surface area (Å²) in [5.41, 5.74) is 0. The number of nitrogens with one attached hydrogen (secondary N) is 1. The number of hydrogen-bond acceptors (Lipinski definition) is 4. The van der Waals surface area contributed by atoms with Crippen molar-refractivity contribution < 1.29 is 20.1 Å². The van der Waals surface area contributed by atoms with Gasteiger partial charge in [-0.05, 0) is 38.5 Å². The molecule has 0 rings (SSSR count). The van der Waals surface area contributed by atoms with Crippen LogP contribution < -0.4 is 5.32 Å². The standard InChI is InChI=1S/C66H131NO4/c1-3-5-7-9-11-13-15-17-19-21-23-25-27-29-30-31-32-33-34-35-36-37-39-41-43-45-47-49-51-53-55-57-59-61-65(70)67-63(62-68)66(71)64(69)60-58-56-54-52-50-48-46-44-42-40-38-28-26-24-22-20-18-16-14-12-10-8-6-4-2/h29-30,63-64,66,68-69,71H,3-28,31-62H2,1-2H3,(H,67,70)/b30-29-. The second kappa shape index (κ2) is 61.6. The van der Waals surface area contributed by atoms with Gasteiger partial charge in [0, 0.05) is 6.42 Å². The lowest BCUT2D eigenvalue weighted by Gasteiger charge is -2.26. The Hall–Kier alpha value is -0.910. The van der Waals surface area contributed by atoms with E-state index in [1.165, 1.54) is 321 Å². The number of allylic oxidation sites excluding steroid dienone is 2. The van der Waals surface area contributed by atoms with E-state index in [1.54, 1.807) is 0 Å². The molecule has 0 aliphatic heterocycles. The van der Waals surface area contributed by atoms with Crippen LogP contribution in [0, 0.1) is 0 Å². The van der Waals surface area contributed by atoms with Gasteiger partial charge in [0.2, 0.25) is 5.91 Å². The first-order valence-electron chi connectivity index (χ1n) is 33.0. The number of aliphatic hydroxyl groups is 3. The van der Waals surface area contributed by atoms with Crippen molar-refractivity contribution in [3.05, 3.63) is 12.2 Å². The van der Waals surface area contributed by atoms with E-state index in [1.807, 2.05) is 0 Å². The number of aliphatic hydroxyl groups excluding tert-OH is 3. The van der Waals surface area contributed by atoms with Crippen molar-refractivity contribution in [1.82, 2.24) is 5.32 Å². The molecule has 3 unspecified atom stereocenters. The van der Waals surface area contributed by atoms with Crippen molar-refractivity contribution in [2.45, 2.75) is 398 Å². The van der Waals surface area contributed by atoms with E-state index in [-0.39, 0.29) is 12.5 Å². The molecule has 0 aromatic heterocycles. The number of amides is 1. The van der Waals surface area contributed by atoms with E-state index in [2.05, 4.69) is 31.3 Å². The van der Waals surface area contributed by atoms with Crippen LogP contribution in [-0.4, -0.2) is 46.1 Å². The van der Waals surface area contributed by atoms with Gasteiger partial charge in [-0.1, -0.05) is 347 Å². The molecule has 0 aromatic rings. The van der Waals surface area contributed by atoms with Crippen molar-refractivity contribution in [3.8, 4) is 0 Å². The number of carbonyl (C=O) groups excluding carboxylic acids is 1. The molecule has 0 aliphatic carbocycles. The van der Waals surface area contributed by atoms with Crippen LogP contribution in [0.1, 0.15) is 380 Å². The van der Waals surface area contributed by atoms with Gasteiger partial charge in [0.05, 0.1) is 18.8 Å². The molecule has 0 aromatic carbocycles. The Bertz CT molecular complexity index is 1020.